The Morgan fingerprint density at radius 3 is 2.65 bits per heavy atom. The van der Waals surface area contributed by atoms with Crippen LogP contribution in [-0.2, 0) is 0 Å². The van der Waals surface area contributed by atoms with E-state index in [9.17, 15) is 0 Å². The van der Waals surface area contributed by atoms with E-state index in [4.69, 9.17) is 0 Å². The molecule has 2 aliphatic rings. The van der Waals surface area contributed by atoms with Gasteiger partial charge in [0, 0.05) is 38.8 Å². The van der Waals surface area contributed by atoms with Gasteiger partial charge < -0.3 is 10.2 Å². The summed E-state index contributed by atoms with van der Waals surface area (Å²) in [7, 11) is 4.57. The molecule has 0 aromatic carbocycles. The molecule has 1 aliphatic carbocycles. The van der Waals surface area contributed by atoms with Crippen LogP contribution < -0.4 is 5.32 Å². The highest BCUT2D eigenvalue weighted by Crippen LogP contribution is 2.24. The normalized spacial score (nSPS) is 28.8. The van der Waals surface area contributed by atoms with E-state index in [1.54, 1.807) is 0 Å². The summed E-state index contributed by atoms with van der Waals surface area (Å²) in [5.41, 5.74) is 0. The van der Waals surface area contributed by atoms with Crippen LogP contribution in [0.25, 0.3) is 0 Å². The highest BCUT2D eigenvalue weighted by Gasteiger charge is 2.21. The third kappa shape index (κ3) is 4.23. The molecular formula is C14H29N3. The fraction of sp³-hybridized carbons (Fsp3) is 1.00. The molecule has 1 aliphatic heterocycles. The van der Waals surface area contributed by atoms with Crippen molar-refractivity contribution < 1.29 is 0 Å². The van der Waals surface area contributed by atoms with Gasteiger partial charge in [-0.15, -0.1) is 0 Å². The summed E-state index contributed by atoms with van der Waals surface area (Å²) in [5.74, 6) is 0.968. The monoisotopic (exact) mass is 239 g/mol. The molecule has 1 heterocycles. The van der Waals surface area contributed by atoms with Crippen molar-refractivity contribution in [3.63, 3.8) is 0 Å². The van der Waals surface area contributed by atoms with Crippen LogP contribution in [0.15, 0.2) is 0 Å². The van der Waals surface area contributed by atoms with E-state index in [2.05, 4.69) is 29.2 Å². The first-order valence-corrected chi connectivity index (χ1v) is 7.35. The molecule has 0 aromatic rings. The molecule has 100 valence electrons. The average Bonchev–Trinajstić information content (AvgIpc) is 2.33. The molecule has 0 amide bonds. The summed E-state index contributed by atoms with van der Waals surface area (Å²) in [6.07, 6.45) is 7.31. The summed E-state index contributed by atoms with van der Waals surface area (Å²) in [5, 5.41) is 3.51. The molecule has 3 nitrogen and oxygen atoms in total. The van der Waals surface area contributed by atoms with Gasteiger partial charge in [-0.25, -0.2) is 0 Å². The molecule has 1 unspecified atom stereocenters. The predicted molar refractivity (Wildman–Crippen MR) is 73.4 cm³/mol. The first kappa shape index (κ1) is 13.3. The van der Waals surface area contributed by atoms with Gasteiger partial charge in [-0.05, 0) is 32.9 Å². The topological polar surface area (TPSA) is 18.5 Å². The third-order valence-corrected chi connectivity index (χ3v) is 4.46. The van der Waals surface area contributed by atoms with E-state index >= 15 is 0 Å². The lowest BCUT2D eigenvalue weighted by molar-refractivity contribution is 0.137. The molecule has 1 atom stereocenters. The molecule has 2 fully saturated rings. The van der Waals surface area contributed by atoms with Gasteiger partial charge in [0.25, 0.3) is 0 Å². The maximum atomic E-state index is 3.51. The van der Waals surface area contributed by atoms with E-state index in [1.165, 1.54) is 51.7 Å². The van der Waals surface area contributed by atoms with E-state index in [1.807, 2.05) is 0 Å². The van der Waals surface area contributed by atoms with Crippen LogP contribution in [0.5, 0.6) is 0 Å². The second-order valence-electron chi connectivity index (χ2n) is 6.06. The molecule has 2 rings (SSSR count). The van der Waals surface area contributed by atoms with E-state index < -0.39 is 0 Å². The fourth-order valence-corrected chi connectivity index (χ4v) is 3.31. The summed E-state index contributed by atoms with van der Waals surface area (Å²) < 4.78 is 0. The zero-order valence-electron chi connectivity index (χ0n) is 11.6. The van der Waals surface area contributed by atoms with Gasteiger partial charge in [-0.3, -0.25) is 4.90 Å². The number of nitrogens with zero attached hydrogens (tertiary/aromatic N) is 2. The zero-order valence-corrected chi connectivity index (χ0v) is 11.6. The standard InChI is InChI=1S/C14H29N3/c1-16(11-13-6-4-3-5-7-13)12-14-10-15-8-9-17(14)2/h13-15H,3-12H2,1-2H3. The van der Waals surface area contributed by atoms with Crippen LogP contribution >= 0.6 is 0 Å². The zero-order chi connectivity index (χ0) is 12.1. The van der Waals surface area contributed by atoms with Crippen molar-refractivity contribution >= 4 is 0 Å². The smallest absolute Gasteiger partial charge is 0.0345 e. The maximum absolute atomic E-state index is 3.51. The molecule has 17 heavy (non-hydrogen) atoms. The summed E-state index contributed by atoms with van der Waals surface area (Å²) in [6.45, 7) is 6.04. The van der Waals surface area contributed by atoms with Crippen LogP contribution in [0.4, 0.5) is 0 Å². The Bertz CT molecular complexity index is 214. The second kappa shape index (κ2) is 6.72. The van der Waals surface area contributed by atoms with Crippen LogP contribution in [-0.4, -0.2) is 62.7 Å². The van der Waals surface area contributed by atoms with Gasteiger partial charge in [0.2, 0.25) is 0 Å². The number of hydrogen-bond acceptors (Lipinski definition) is 3. The molecule has 3 heteroatoms. The van der Waals surface area contributed by atoms with E-state index in [0.717, 1.165) is 19.0 Å². The summed E-state index contributed by atoms with van der Waals surface area (Å²) in [6, 6.07) is 0.706. The Labute approximate surface area is 107 Å². The Morgan fingerprint density at radius 1 is 1.18 bits per heavy atom. The van der Waals surface area contributed by atoms with Crippen molar-refractivity contribution in [3.8, 4) is 0 Å². The molecule has 1 N–H and O–H groups in total. The highest BCUT2D eigenvalue weighted by atomic mass is 15.2. The number of rotatable bonds is 4. The van der Waals surface area contributed by atoms with E-state index in [0.29, 0.717) is 6.04 Å². The van der Waals surface area contributed by atoms with Crippen molar-refractivity contribution in [2.24, 2.45) is 5.92 Å². The Kier molecular flexibility index (Phi) is 5.26. The number of likely N-dealkylation sites (N-methyl/N-ethyl adjacent to an activating group) is 2. The van der Waals surface area contributed by atoms with Gasteiger partial charge >= 0.3 is 0 Å². The molecule has 0 radical (unpaired) electrons. The number of hydrogen-bond donors (Lipinski definition) is 1. The van der Waals surface area contributed by atoms with Gasteiger partial charge in [-0.1, -0.05) is 19.3 Å². The first-order valence-electron chi connectivity index (χ1n) is 7.35. The fourth-order valence-electron chi connectivity index (χ4n) is 3.31. The first-order chi connectivity index (χ1) is 8.25. The average molecular weight is 239 g/mol. The Balaban J connectivity index is 1.70. The van der Waals surface area contributed by atoms with Crippen molar-refractivity contribution in [3.05, 3.63) is 0 Å². The van der Waals surface area contributed by atoms with Crippen molar-refractivity contribution in [1.29, 1.82) is 0 Å². The molecule has 1 saturated heterocycles. The minimum atomic E-state index is 0.706. The maximum Gasteiger partial charge on any atom is 0.0345 e. The lowest BCUT2D eigenvalue weighted by Gasteiger charge is -2.37. The summed E-state index contributed by atoms with van der Waals surface area (Å²) >= 11 is 0. The molecule has 0 bridgehead atoms. The third-order valence-electron chi connectivity index (χ3n) is 4.46. The SMILES string of the molecule is CN(CC1CCCCC1)CC1CNCCN1C. The minimum Gasteiger partial charge on any atom is -0.314 e. The Morgan fingerprint density at radius 2 is 1.94 bits per heavy atom. The summed E-state index contributed by atoms with van der Waals surface area (Å²) in [4.78, 5) is 5.07. The van der Waals surface area contributed by atoms with Gasteiger partial charge in [0.05, 0.1) is 0 Å². The van der Waals surface area contributed by atoms with Crippen molar-refractivity contribution in [1.82, 2.24) is 15.1 Å². The lowest BCUT2D eigenvalue weighted by atomic mass is 9.89. The van der Waals surface area contributed by atoms with Crippen LogP contribution in [0.1, 0.15) is 32.1 Å². The molecule has 0 aromatic heterocycles. The van der Waals surface area contributed by atoms with Crippen molar-refractivity contribution in [2.45, 2.75) is 38.1 Å². The van der Waals surface area contributed by atoms with Gasteiger partial charge in [0.15, 0.2) is 0 Å². The van der Waals surface area contributed by atoms with Crippen molar-refractivity contribution in [2.75, 3.05) is 46.8 Å². The van der Waals surface area contributed by atoms with E-state index in [-0.39, 0.29) is 0 Å². The Hall–Kier alpha value is -0.120. The van der Waals surface area contributed by atoms with Gasteiger partial charge in [-0.2, -0.15) is 0 Å². The minimum absolute atomic E-state index is 0.706. The van der Waals surface area contributed by atoms with Crippen LogP contribution in [0, 0.1) is 5.92 Å². The second-order valence-corrected chi connectivity index (χ2v) is 6.06. The largest absolute Gasteiger partial charge is 0.314 e. The predicted octanol–water partition coefficient (Wildman–Crippen LogP) is 1.40. The quantitative estimate of drug-likeness (QED) is 0.800. The molecule has 1 saturated carbocycles. The van der Waals surface area contributed by atoms with Crippen LogP contribution in [0.2, 0.25) is 0 Å². The number of nitrogens with one attached hydrogen (secondary N) is 1. The lowest BCUT2D eigenvalue weighted by Crippen LogP contribution is -2.53. The molecule has 0 spiro atoms. The number of piperazine rings is 1. The highest BCUT2D eigenvalue weighted by molar-refractivity contribution is 4.80. The van der Waals surface area contributed by atoms with Gasteiger partial charge in [0.1, 0.15) is 0 Å². The molecular weight excluding hydrogens is 210 g/mol. The van der Waals surface area contributed by atoms with Crippen LogP contribution in [0.3, 0.4) is 0 Å².